The molecule has 2 N–H and O–H groups in total. The summed E-state index contributed by atoms with van der Waals surface area (Å²) >= 11 is 34.5. The van der Waals surface area contributed by atoms with E-state index in [1.165, 1.54) is 54.6 Å². The number of rotatable bonds is 16. The highest BCUT2D eigenvalue weighted by atomic mass is 35.5. The van der Waals surface area contributed by atoms with E-state index in [1.807, 2.05) is 0 Å². The monoisotopic (exact) mass is 926 g/mol. The number of aliphatic hydroxyl groups excluding tert-OH is 1. The lowest BCUT2D eigenvalue weighted by Crippen LogP contribution is -2.31. The van der Waals surface area contributed by atoms with Crippen LogP contribution in [0.2, 0.25) is 30.1 Å². The zero-order valence-electron chi connectivity index (χ0n) is 31.0. The van der Waals surface area contributed by atoms with Gasteiger partial charge in [0.05, 0.1) is 56.2 Å². The molecule has 0 saturated heterocycles. The summed E-state index contributed by atoms with van der Waals surface area (Å²) < 4.78 is 19.2. The van der Waals surface area contributed by atoms with Crippen molar-refractivity contribution in [3.05, 3.63) is 101 Å². The van der Waals surface area contributed by atoms with Gasteiger partial charge < -0.3 is 29.2 Å². The van der Waals surface area contributed by atoms with Crippen molar-refractivity contribution < 1.29 is 67.5 Å². The summed E-state index contributed by atoms with van der Waals surface area (Å²) in [5.74, 6) is -5.63. The number of Topliss-reactive ketones (excluding diaryl/α,β-unsaturated/α-hetero) is 3. The number of benzene rings is 3. The van der Waals surface area contributed by atoms with Gasteiger partial charge in [-0.1, -0.05) is 69.6 Å². The molecule has 0 aromatic heterocycles. The highest BCUT2D eigenvalue weighted by Gasteiger charge is 2.28. The van der Waals surface area contributed by atoms with Crippen LogP contribution < -0.4 is 0 Å². The van der Waals surface area contributed by atoms with Crippen molar-refractivity contribution in [1.82, 2.24) is 0 Å². The largest absolute Gasteiger partial charge is 0.479 e. The van der Waals surface area contributed by atoms with E-state index < -0.39 is 71.9 Å². The van der Waals surface area contributed by atoms with Gasteiger partial charge in [-0.25, -0.2) is 14.4 Å². The van der Waals surface area contributed by atoms with Gasteiger partial charge in [0, 0.05) is 37.0 Å². The molecule has 3 rings (SSSR count). The number of esters is 4. The van der Waals surface area contributed by atoms with E-state index >= 15 is 0 Å². The molecule has 0 radical (unpaired) electrons. The average molecular weight is 929 g/mol. The Bertz CT molecular complexity index is 1890. The molecule has 0 heterocycles. The second-order valence-corrected chi connectivity index (χ2v) is 13.8. The Balaban J connectivity index is 0.000000440. The lowest BCUT2D eigenvalue weighted by Gasteiger charge is -2.15. The predicted octanol–water partition coefficient (Wildman–Crippen LogP) is 8.13. The minimum absolute atomic E-state index is 0.123. The maximum Gasteiger partial charge on any atom is 0.347 e. The fraction of sp³-hybridized carbons (Fsp3) is 0.316. The van der Waals surface area contributed by atoms with E-state index in [-0.39, 0.29) is 57.8 Å². The second-order valence-electron chi connectivity index (χ2n) is 11.3. The normalized spacial score (nSPS) is 11.8. The van der Waals surface area contributed by atoms with Crippen LogP contribution in [0.15, 0.2) is 54.6 Å². The topological polar surface area (TPSA) is 214 Å². The van der Waals surface area contributed by atoms with Gasteiger partial charge >= 0.3 is 29.8 Å². The quantitative estimate of drug-likeness (QED) is 0.0789. The molecule has 314 valence electrons. The number of aliphatic hydroxyl groups is 1. The van der Waals surface area contributed by atoms with Crippen molar-refractivity contribution in [3.63, 3.8) is 0 Å². The van der Waals surface area contributed by atoms with Gasteiger partial charge in [0.25, 0.3) is 0 Å². The standard InChI is InChI=1S/2C14H14Cl2O5.C10H8Cl2O4/c2*1-3-20-14(19)13(21-8(2)17)7-12(18)9-4-5-10(15)11(16)6-9;11-6-2-1-5(3-7(6)12)8(13)4-9(14)10(15)16/h2*4-6,13H,3,7H2,1-2H3;1-3,9,14H,4H2,(H,15,16)/t13-;;9-/m1.0/s1. The number of hydrogen-bond donors (Lipinski definition) is 2. The first-order chi connectivity index (χ1) is 27.1. The number of carbonyl (C=O) groups excluding carboxylic acids is 7. The van der Waals surface area contributed by atoms with E-state index in [4.69, 9.17) is 98.8 Å². The minimum atomic E-state index is -1.71. The van der Waals surface area contributed by atoms with Gasteiger partial charge in [0.1, 0.15) is 0 Å². The number of carboxylic acid groups (broad SMARTS) is 1. The third kappa shape index (κ3) is 18.5. The molecule has 20 heteroatoms. The molecule has 0 aliphatic carbocycles. The van der Waals surface area contributed by atoms with Crippen molar-refractivity contribution in [2.24, 2.45) is 0 Å². The molecule has 0 amide bonds. The molecule has 0 aliphatic rings. The number of hydrogen-bond acceptors (Lipinski definition) is 13. The highest BCUT2D eigenvalue weighted by molar-refractivity contribution is 6.43. The number of carbonyl (C=O) groups is 8. The van der Waals surface area contributed by atoms with Gasteiger partial charge in [-0.15, -0.1) is 0 Å². The molecule has 58 heavy (non-hydrogen) atoms. The van der Waals surface area contributed by atoms with E-state index in [2.05, 4.69) is 0 Å². The molecular weight excluding hydrogens is 893 g/mol. The Hall–Kier alpha value is -4.28. The first-order valence-electron chi connectivity index (χ1n) is 16.6. The van der Waals surface area contributed by atoms with Crippen molar-refractivity contribution in [2.45, 2.75) is 65.3 Å². The molecular formula is C38H36Cl6O14. The fourth-order valence-electron chi connectivity index (χ4n) is 4.18. The van der Waals surface area contributed by atoms with Crippen LogP contribution in [0, 0.1) is 0 Å². The lowest BCUT2D eigenvalue weighted by atomic mass is 10.1. The molecule has 0 saturated carbocycles. The Morgan fingerprint density at radius 1 is 0.517 bits per heavy atom. The van der Waals surface area contributed by atoms with Gasteiger partial charge in [-0.3, -0.25) is 24.0 Å². The Labute approximate surface area is 362 Å². The second kappa shape index (κ2) is 25.9. The van der Waals surface area contributed by atoms with Crippen LogP contribution in [0.4, 0.5) is 0 Å². The molecule has 3 aromatic carbocycles. The van der Waals surface area contributed by atoms with Crippen LogP contribution in [0.1, 0.15) is 78.0 Å². The van der Waals surface area contributed by atoms with Crippen LogP contribution in [0.25, 0.3) is 0 Å². The minimum Gasteiger partial charge on any atom is -0.479 e. The van der Waals surface area contributed by atoms with E-state index in [1.54, 1.807) is 13.8 Å². The molecule has 3 atom stereocenters. The maximum absolute atomic E-state index is 12.1. The van der Waals surface area contributed by atoms with E-state index in [9.17, 15) is 38.4 Å². The number of carboxylic acids is 1. The molecule has 0 aliphatic heterocycles. The van der Waals surface area contributed by atoms with Crippen LogP contribution in [0.5, 0.6) is 0 Å². The number of ether oxygens (including phenoxy) is 4. The number of aliphatic carboxylic acids is 1. The summed E-state index contributed by atoms with van der Waals surface area (Å²) in [5, 5.41) is 19.0. The van der Waals surface area contributed by atoms with Gasteiger partial charge in [0.15, 0.2) is 23.5 Å². The van der Waals surface area contributed by atoms with Gasteiger partial charge in [-0.05, 0) is 68.4 Å². The van der Waals surface area contributed by atoms with Crippen LogP contribution in [-0.4, -0.2) is 88.9 Å². The first kappa shape index (κ1) is 51.7. The van der Waals surface area contributed by atoms with E-state index in [0.717, 1.165) is 13.8 Å². The smallest absolute Gasteiger partial charge is 0.347 e. The summed E-state index contributed by atoms with van der Waals surface area (Å²) in [7, 11) is 0. The molecule has 14 nitrogen and oxygen atoms in total. The van der Waals surface area contributed by atoms with Crippen molar-refractivity contribution in [2.75, 3.05) is 13.2 Å². The molecule has 1 unspecified atom stereocenters. The van der Waals surface area contributed by atoms with Crippen molar-refractivity contribution in [3.8, 4) is 0 Å². The zero-order valence-corrected chi connectivity index (χ0v) is 35.6. The lowest BCUT2D eigenvalue weighted by molar-refractivity contribution is -0.166. The van der Waals surface area contributed by atoms with Crippen molar-refractivity contribution in [1.29, 1.82) is 0 Å². The summed E-state index contributed by atoms with van der Waals surface area (Å²) in [4.78, 5) is 91.4. The highest BCUT2D eigenvalue weighted by Crippen LogP contribution is 2.26. The Morgan fingerprint density at radius 2 is 0.810 bits per heavy atom. The van der Waals surface area contributed by atoms with Crippen molar-refractivity contribution >= 4 is 117 Å². The molecule has 0 bridgehead atoms. The summed E-state index contributed by atoms with van der Waals surface area (Å²) in [6.07, 6.45) is -5.39. The summed E-state index contributed by atoms with van der Waals surface area (Å²) in [6, 6.07) is 12.9. The fourth-order valence-corrected chi connectivity index (χ4v) is 5.07. The van der Waals surface area contributed by atoms with Crippen LogP contribution in [-0.2, 0) is 42.9 Å². The first-order valence-corrected chi connectivity index (χ1v) is 18.9. The average Bonchev–Trinajstić information content (AvgIpc) is 3.14. The summed E-state index contributed by atoms with van der Waals surface area (Å²) in [5.41, 5.74) is 0.756. The maximum atomic E-state index is 12.1. The van der Waals surface area contributed by atoms with Gasteiger partial charge in [0.2, 0.25) is 12.2 Å². The molecule has 0 fully saturated rings. The SMILES string of the molecule is CCOC(=O)C(CC(=O)c1ccc(Cl)c(Cl)c1)OC(C)=O.CCOC(=O)[C@@H](CC(=O)c1ccc(Cl)c(Cl)c1)OC(C)=O.O=C(C[C@H](O)C(=O)O)c1ccc(Cl)c(Cl)c1. The third-order valence-electron chi connectivity index (χ3n) is 6.85. The van der Waals surface area contributed by atoms with Gasteiger partial charge in [-0.2, -0.15) is 0 Å². The van der Waals surface area contributed by atoms with E-state index in [0.29, 0.717) is 15.1 Å². The van der Waals surface area contributed by atoms with Crippen LogP contribution in [0.3, 0.4) is 0 Å². The molecule has 3 aromatic rings. The van der Waals surface area contributed by atoms with Crippen LogP contribution >= 0.6 is 69.6 Å². The Morgan fingerprint density at radius 3 is 1.05 bits per heavy atom. The number of halogens is 6. The summed E-state index contributed by atoms with van der Waals surface area (Å²) in [6.45, 7) is 5.77. The Kier molecular flexibility index (Phi) is 23.1. The number of ketones is 3. The molecule has 0 spiro atoms. The predicted molar refractivity (Wildman–Crippen MR) is 214 cm³/mol. The zero-order chi connectivity index (χ0) is 44.3. The third-order valence-corrected chi connectivity index (χ3v) is 9.06.